The average molecular weight is 432 g/mol. The number of rotatable bonds is 5. The zero-order chi connectivity index (χ0) is 22.7. The number of fused-ring (bicyclic) bond motifs is 1. The van der Waals surface area contributed by atoms with E-state index in [0.717, 1.165) is 11.1 Å². The molecule has 2 amide bonds. The van der Waals surface area contributed by atoms with Gasteiger partial charge in [0.1, 0.15) is 0 Å². The number of ketones is 1. The van der Waals surface area contributed by atoms with E-state index in [1.165, 1.54) is 0 Å². The van der Waals surface area contributed by atoms with Crippen LogP contribution in [-0.2, 0) is 11.2 Å². The van der Waals surface area contributed by atoms with Crippen LogP contribution in [0.1, 0.15) is 28.8 Å². The lowest BCUT2D eigenvalue weighted by Gasteiger charge is -2.28. The second-order valence-corrected chi connectivity index (χ2v) is 7.76. The van der Waals surface area contributed by atoms with Crippen molar-refractivity contribution in [2.45, 2.75) is 24.9 Å². The van der Waals surface area contributed by atoms with E-state index in [1.54, 1.807) is 36.4 Å². The monoisotopic (exact) mass is 432 g/mol. The first kappa shape index (κ1) is 21.2. The molecule has 0 aromatic heterocycles. The van der Waals surface area contributed by atoms with Gasteiger partial charge in [0.05, 0.1) is 6.42 Å². The molecule has 1 aliphatic carbocycles. The lowest BCUT2D eigenvalue weighted by Crippen LogP contribution is -2.40. The Hall–Kier alpha value is -4.00. The van der Waals surface area contributed by atoms with Gasteiger partial charge in [-0.25, -0.2) is 9.18 Å². The van der Waals surface area contributed by atoms with Crippen LogP contribution in [-0.4, -0.2) is 28.6 Å². The van der Waals surface area contributed by atoms with E-state index in [0.29, 0.717) is 16.9 Å². The minimum absolute atomic E-state index is 0.145. The number of aliphatic carboxylic acids is 1. The first-order valence-electron chi connectivity index (χ1n) is 10.2. The number of urea groups is 1. The largest absolute Gasteiger partial charge is 0.481 e. The van der Waals surface area contributed by atoms with Crippen molar-refractivity contribution in [1.29, 1.82) is 0 Å². The van der Waals surface area contributed by atoms with Crippen molar-refractivity contribution >= 4 is 29.2 Å². The van der Waals surface area contributed by atoms with Crippen molar-refractivity contribution in [3.63, 3.8) is 0 Å². The Kier molecular flexibility index (Phi) is 5.73. The third kappa shape index (κ3) is 4.51. The second kappa shape index (κ2) is 8.63. The summed E-state index contributed by atoms with van der Waals surface area (Å²) in [7, 11) is 0. The SMILES string of the molecule is O=C(O)CC1(F)CCc2cc(-c3ccc(NC(=O)Nc4ccccc4)cc3)ccc2C1=O. The van der Waals surface area contributed by atoms with Gasteiger partial charge in [-0.05, 0) is 53.8 Å². The van der Waals surface area contributed by atoms with Gasteiger partial charge in [0.25, 0.3) is 0 Å². The smallest absolute Gasteiger partial charge is 0.323 e. The number of anilines is 2. The van der Waals surface area contributed by atoms with Crippen molar-refractivity contribution in [2.24, 2.45) is 0 Å². The highest BCUT2D eigenvalue weighted by molar-refractivity contribution is 6.06. The van der Waals surface area contributed by atoms with Crippen LogP contribution < -0.4 is 10.6 Å². The predicted octanol–water partition coefficient (Wildman–Crippen LogP) is 5.31. The maximum absolute atomic E-state index is 14.8. The summed E-state index contributed by atoms with van der Waals surface area (Å²) in [6.07, 6.45) is -0.675. The van der Waals surface area contributed by atoms with Crippen molar-refractivity contribution in [3.8, 4) is 11.1 Å². The molecule has 0 radical (unpaired) electrons. The first-order valence-corrected chi connectivity index (χ1v) is 10.2. The van der Waals surface area contributed by atoms with Crippen LogP contribution in [0.25, 0.3) is 11.1 Å². The zero-order valence-electron chi connectivity index (χ0n) is 17.1. The number of para-hydroxylation sites is 1. The van der Waals surface area contributed by atoms with Crippen LogP contribution in [0, 0.1) is 0 Å². The van der Waals surface area contributed by atoms with Crippen LogP contribution in [0.2, 0.25) is 0 Å². The lowest BCUT2D eigenvalue weighted by atomic mass is 9.78. The van der Waals surface area contributed by atoms with Gasteiger partial charge in [-0.15, -0.1) is 0 Å². The molecule has 0 heterocycles. The second-order valence-electron chi connectivity index (χ2n) is 7.76. The Labute approximate surface area is 184 Å². The van der Waals surface area contributed by atoms with Gasteiger partial charge in [-0.1, -0.05) is 48.5 Å². The maximum Gasteiger partial charge on any atom is 0.323 e. The Morgan fingerprint density at radius 3 is 2.19 bits per heavy atom. The molecule has 7 heteroatoms. The Balaban J connectivity index is 1.46. The third-order valence-corrected chi connectivity index (χ3v) is 5.49. The van der Waals surface area contributed by atoms with Crippen molar-refractivity contribution in [2.75, 3.05) is 10.6 Å². The summed E-state index contributed by atoms with van der Waals surface area (Å²) in [5.74, 6) is -2.09. The van der Waals surface area contributed by atoms with E-state index >= 15 is 0 Å². The molecule has 0 fully saturated rings. The number of carboxylic acid groups (broad SMARTS) is 1. The van der Waals surface area contributed by atoms with E-state index in [-0.39, 0.29) is 24.4 Å². The molecule has 32 heavy (non-hydrogen) atoms. The zero-order valence-corrected chi connectivity index (χ0v) is 17.1. The lowest BCUT2D eigenvalue weighted by molar-refractivity contribution is -0.139. The van der Waals surface area contributed by atoms with Crippen LogP contribution in [0.15, 0.2) is 72.8 Å². The number of Topliss-reactive ketones (excluding diaryl/α,β-unsaturated/α-hetero) is 1. The molecule has 0 bridgehead atoms. The van der Waals surface area contributed by atoms with Gasteiger partial charge in [0.2, 0.25) is 5.78 Å². The Morgan fingerprint density at radius 1 is 0.906 bits per heavy atom. The number of alkyl halides is 1. The molecule has 3 N–H and O–H groups in total. The molecular formula is C25H21FN2O4. The standard InChI is InChI=1S/C25H21FN2O4/c26-25(15-22(29)30)13-12-18-14-17(8-11-21(18)23(25)31)16-6-9-20(10-7-16)28-24(32)27-19-4-2-1-3-5-19/h1-11,14H,12-13,15H2,(H,29,30)(H2,27,28,32). The van der Waals surface area contributed by atoms with Gasteiger partial charge in [0.15, 0.2) is 5.67 Å². The summed E-state index contributed by atoms with van der Waals surface area (Å²) in [6.45, 7) is 0. The van der Waals surface area contributed by atoms with Crippen LogP contribution in [0.4, 0.5) is 20.6 Å². The Morgan fingerprint density at radius 2 is 1.53 bits per heavy atom. The minimum Gasteiger partial charge on any atom is -0.481 e. The van der Waals surface area contributed by atoms with E-state index in [9.17, 15) is 18.8 Å². The van der Waals surface area contributed by atoms with E-state index in [2.05, 4.69) is 10.6 Å². The maximum atomic E-state index is 14.8. The summed E-state index contributed by atoms with van der Waals surface area (Å²) in [4.78, 5) is 35.6. The molecule has 3 aromatic rings. The number of hydrogen-bond acceptors (Lipinski definition) is 3. The van der Waals surface area contributed by atoms with E-state index in [4.69, 9.17) is 5.11 Å². The highest BCUT2D eigenvalue weighted by Crippen LogP contribution is 2.36. The number of carboxylic acids is 1. The molecule has 6 nitrogen and oxygen atoms in total. The fourth-order valence-electron chi connectivity index (χ4n) is 3.86. The fourth-order valence-corrected chi connectivity index (χ4v) is 3.86. The number of aryl methyl sites for hydroxylation is 1. The van der Waals surface area contributed by atoms with Gasteiger partial charge in [0, 0.05) is 16.9 Å². The van der Waals surface area contributed by atoms with Gasteiger partial charge in [-0.3, -0.25) is 9.59 Å². The molecule has 0 saturated carbocycles. The minimum atomic E-state index is -2.35. The van der Waals surface area contributed by atoms with Gasteiger partial charge >= 0.3 is 12.0 Å². The van der Waals surface area contributed by atoms with Crippen molar-refractivity contribution < 1.29 is 23.9 Å². The molecular weight excluding hydrogens is 411 g/mol. The number of halogens is 1. The molecule has 1 unspecified atom stereocenters. The summed E-state index contributed by atoms with van der Waals surface area (Å²) in [5.41, 5.74) is 1.61. The number of benzene rings is 3. The average Bonchev–Trinajstić information content (AvgIpc) is 2.77. The first-order chi connectivity index (χ1) is 15.3. The highest BCUT2D eigenvalue weighted by Gasteiger charge is 2.44. The van der Waals surface area contributed by atoms with Gasteiger partial charge in [-0.2, -0.15) is 0 Å². The molecule has 0 spiro atoms. The van der Waals surface area contributed by atoms with Gasteiger partial charge < -0.3 is 15.7 Å². The van der Waals surface area contributed by atoms with Crippen LogP contribution in [0.3, 0.4) is 0 Å². The fraction of sp³-hybridized carbons (Fsp3) is 0.160. The molecule has 4 rings (SSSR count). The summed E-state index contributed by atoms with van der Waals surface area (Å²) < 4.78 is 14.8. The predicted molar refractivity (Wildman–Crippen MR) is 120 cm³/mol. The number of carbonyl (C=O) groups excluding carboxylic acids is 2. The number of nitrogens with one attached hydrogen (secondary N) is 2. The number of carbonyl (C=O) groups is 3. The molecule has 0 aliphatic heterocycles. The summed E-state index contributed by atoms with van der Waals surface area (Å²) >= 11 is 0. The highest BCUT2D eigenvalue weighted by atomic mass is 19.1. The van der Waals surface area contributed by atoms with Crippen LogP contribution in [0.5, 0.6) is 0 Å². The normalized spacial score (nSPS) is 17.3. The third-order valence-electron chi connectivity index (χ3n) is 5.49. The number of amides is 2. The molecule has 1 atom stereocenters. The number of hydrogen-bond donors (Lipinski definition) is 3. The van der Waals surface area contributed by atoms with Crippen molar-refractivity contribution in [3.05, 3.63) is 83.9 Å². The van der Waals surface area contributed by atoms with E-state index in [1.807, 2.05) is 36.4 Å². The Bertz CT molecular complexity index is 1180. The molecule has 3 aromatic carbocycles. The van der Waals surface area contributed by atoms with Crippen molar-refractivity contribution in [1.82, 2.24) is 0 Å². The molecule has 1 aliphatic rings. The summed E-state index contributed by atoms with van der Waals surface area (Å²) in [5, 5.41) is 14.4. The topological polar surface area (TPSA) is 95.5 Å². The molecule has 0 saturated heterocycles. The quantitative estimate of drug-likeness (QED) is 0.509. The van der Waals surface area contributed by atoms with E-state index < -0.39 is 23.8 Å². The summed E-state index contributed by atoms with van der Waals surface area (Å²) in [6, 6.07) is 21.1. The van der Waals surface area contributed by atoms with Crippen LogP contribution >= 0.6 is 0 Å². The molecule has 162 valence electrons.